The van der Waals surface area contributed by atoms with Crippen LogP contribution in [0.5, 0.6) is 11.5 Å². The largest absolute Gasteiger partial charge is 0.486 e. The first-order valence-corrected chi connectivity index (χ1v) is 9.55. The molecule has 5 nitrogen and oxygen atoms in total. The van der Waals surface area contributed by atoms with E-state index < -0.39 is 0 Å². The van der Waals surface area contributed by atoms with Crippen molar-refractivity contribution in [2.24, 2.45) is 11.1 Å². The Kier molecular flexibility index (Phi) is 5.84. The van der Waals surface area contributed by atoms with Crippen molar-refractivity contribution in [1.82, 2.24) is 5.32 Å². The average Bonchev–Trinajstić information content (AvgIpc) is 2.66. The van der Waals surface area contributed by atoms with Gasteiger partial charge < -0.3 is 20.5 Å². The molecule has 0 spiro atoms. The van der Waals surface area contributed by atoms with Crippen LogP contribution in [0.1, 0.15) is 63.5 Å². The van der Waals surface area contributed by atoms with Gasteiger partial charge in [0, 0.05) is 6.42 Å². The van der Waals surface area contributed by atoms with Crippen molar-refractivity contribution >= 4 is 5.91 Å². The van der Waals surface area contributed by atoms with E-state index >= 15 is 0 Å². The maximum atomic E-state index is 12.7. The Morgan fingerprint density at radius 1 is 1.20 bits per heavy atom. The highest BCUT2D eigenvalue weighted by molar-refractivity contribution is 5.77. The lowest BCUT2D eigenvalue weighted by Crippen LogP contribution is -2.39. The molecular formula is C20H30N2O3. The average molecular weight is 346 g/mol. The summed E-state index contributed by atoms with van der Waals surface area (Å²) in [6.45, 7) is 3.84. The molecule has 1 aliphatic heterocycles. The van der Waals surface area contributed by atoms with Gasteiger partial charge in [-0.1, -0.05) is 32.3 Å². The molecule has 1 unspecified atom stereocenters. The van der Waals surface area contributed by atoms with Gasteiger partial charge in [0.1, 0.15) is 13.2 Å². The number of nitrogens with one attached hydrogen (secondary N) is 1. The zero-order chi connectivity index (χ0) is 17.7. The summed E-state index contributed by atoms with van der Waals surface area (Å²) in [5.41, 5.74) is 7.08. The molecule has 1 fully saturated rings. The molecule has 1 aromatic carbocycles. The maximum Gasteiger partial charge on any atom is 0.221 e. The number of ether oxygens (including phenoxy) is 2. The summed E-state index contributed by atoms with van der Waals surface area (Å²) >= 11 is 0. The molecular weight excluding hydrogens is 316 g/mol. The van der Waals surface area contributed by atoms with Crippen molar-refractivity contribution in [1.29, 1.82) is 0 Å². The van der Waals surface area contributed by atoms with Crippen molar-refractivity contribution in [2.75, 3.05) is 19.8 Å². The van der Waals surface area contributed by atoms with Crippen LogP contribution in [-0.4, -0.2) is 25.7 Å². The molecule has 1 amide bonds. The van der Waals surface area contributed by atoms with Crippen LogP contribution in [0.15, 0.2) is 18.2 Å². The Morgan fingerprint density at radius 2 is 1.92 bits per heavy atom. The van der Waals surface area contributed by atoms with Gasteiger partial charge in [-0.25, -0.2) is 0 Å². The van der Waals surface area contributed by atoms with Gasteiger partial charge in [-0.3, -0.25) is 4.79 Å². The van der Waals surface area contributed by atoms with Gasteiger partial charge in [0.2, 0.25) is 5.91 Å². The number of carbonyl (C=O) groups excluding carboxylic acids is 1. The van der Waals surface area contributed by atoms with E-state index in [2.05, 4.69) is 12.2 Å². The van der Waals surface area contributed by atoms with E-state index in [1.54, 1.807) is 0 Å². The lowest BCUT2D eigenvalue weighted by Gasteiger charge is -2.36. The fourth-order valence-electron chi connectivity index (χ4n) is 4.04. The highest BCUT2D eigenvalue weighted by atomic mass is 16.6. The summed E-state index contributed by atoms with van der Waals surface area (Å²) in [5.74, 6) is 1.65. The van der Waals surface area contributed by atoms with E-state index in [0.717, 1.165) is 36.3 Å². The van der Waals surface area contributed by atoms with E-state index in [1.807, 2.05) is 18.2 Å². The number of carbonyl (C=O) groups is 1. The van der Waals surface area contributed by atoms with Gasteiger partial charge in [0.05, 0.1) is 6.04 Å². The molecule has 3 rings (SSSR count). The Morgan fingerprint density at radius 3 is 2.60 bits per heavy atom. The second-order valence-electron chi connectivity index (χ2n) is 7.37. The first-order chi connectivity index (χ1) is 12.2. The van der Waals surface area contributed by atoms with Crippen LogP contribution in [0.2, 0.25) is 0 Å². The maximum absolute atomic E-state index is 12.7. The van der Waals surface area contributed by atoms with Gasteiger partial charge in [0.15, 0.2) is 11.5 Å². The van der Waals surface area contributed by atoms with Crippen LogP contribution in [0.4, 0.5) is 0 Å². The van der Waals surface area contributed by atoms with Crippen molar-refractivity contribution in [3.63, 3.8) is 0 Å². The SMILES string of the molecule is CCC(NC(=O)CC1(CN)CCCCC1)c1ccc2c(c1)OCCO2. The topological polar surface area (TPSA) is 73.6 Å². The van der Waals surface area contributed by atoms with Crippen LogP contribution in [-0.2, 0) is 4.79 Å². The zero-order valence-corrected chi connectivity index (χ0v) is 15.2. The second kappa shape index (κ2) is 8.09. The summed E-state index contributed by atoms with van der Waals surface area (Å²) in [4.78, 5) is 12.7. The molecule has 0 aromatic heterocycles. The number of fused-ring (bicyclic) bond motifs is 1. The fourth-order valence-corrected chi connectivity index (χ4v) is 4.04. The van der Waals surface area contributed by atoms with Gasteiger partial charge in [-0.2, -0.15) is 0 Å². The molecule has 2 aliphatic rings. The monoisotopic (exact) mass is 346 g/mol. The molecule has 5 heteroatoms. The van der Waals surface area contributed by atoms with Crippen LogP contribution < -0.4 is 20.5 Å². The number of hydrogen-bond donors (Lipinski definition) is 2. The van der Waals surface area contributed by atoms with E-state index in [9.17, 15) is 4.79 Å². The molecule has 0 saturated heterocycles. The summed E-state index contributed by atoms with van der Waals surface area (Å²) < 4.78 is 11.2. The van der Waals surface area contributed by atoms with Crippen LogP contribution in [0, 0.1) is 5.41 Å². The minimum absolute atomic E-state index is 0.00652. The van der Waals surface area contributed by atoms with Crippen molar-refractivity contribution in [3.05, 3.63) is 23.8 Å². The number of benzene rings is 1. The highest BCUT2D eigenvalue weighted by Crippen LogP contribution is 2.39. The first kappa shape index (κ1) is 18.1. The Labute approximate surface area is 150 Å². The number of amides is 1. The van der Waals surface area contributed by atoms with Crippen molar-refractivity contribution in [2.45, 2.75) is 57.9 Å². The third-order valence-electron chi connectivity index (χ3n) is 5.59. The van der Waals surface area contributed by atoms with Crippen LogP contribution in [0.3, 0.4) is 0 Å². The minimum Gasteiger partial charge on any atom is -0.486 e. The smallest absolute Gasteiger partial charge is 0.221 e. The van der Waals surface area contributed by atoms with Crippen LogP contribution >= 0.6 is 0 Å². The Balaban J connectivity index is 1.66. The second-order valence-corrected chi connectivity index (χ2v) is 7.37. The lowest BCUT2D eigenvalue weighted by atomic mass is 9.71. The molecule has 0 bridgehead atoms. The Bertz CT molecular complexity index is 597. The molecule has 1 heterocycles. The third-order valence-corrected chi connectivity index (χ3v) is 5.59. The molecule has 1 saturated carbocycles. The molecule has 1 aromatic rings. The number of nitrogens with two attached hydrogens (primary N) is 1. The first-order valence-electron chi connectivity index (χ1n) is 9.55. The summed E-state index contributed by atoms with van der Waals surface area (Å²) in [5, 5.41) is 3.21. The Hall–Kier alpha value is -1.75. The lowest BCUT2D eigenvalue weighted by molar-refractivity contribution is -0.124. The predicted molar refractivity (Wildman–Crippen MR) is 97.8 cm³/mol. The molecule has 3 N–H and O–H groups in total. The fraction of sp³-hybridized carbons (Fsp3) is 0.650. The molecule has 0 radical (unpaired) electrons. The van der Waals surface area contributed by atoms with Gasteiger partial charge in [0.25, 0.3) is 0 Å². The summed E-state index contributed by atoms with van der Waals surface area (Å²) in [7, 11) is 0. The summed E-state index contributed by atoms with van der Waals surface area (Å²) in [6, 6.07) is 5.92. The standard InChI is InChI=1S/C20H30N2O3/c1-2-16(15-6-7-17-18(12-15)25-11-10-24-17)22-19(23)13-20(14-21)8-4-3-5-9-20/h6-7,12,16H,2-5,8-11,13-14,21H2,1H3,(H,22,23). The number of rotatable bonds is 6. The van der Waals surface area contributed by atoms with Gasteiger partial charge in [-0.15, -0.1) is 0 Å². The summed E-state index contributed by atoms with van der Waals surface area (Å²) in [6.07, 6.45) is 7.13. The molecule has 25 heavy (non-hydrogen) atoms. The van der Waals surface area contributed by atoms with Crippen molar-refractivity contribution in [3.8, 4) is 11.5 Å². The van der Waals surface area contributed by atoms with E-state index in [4.69, 9.17) is 15.2 Å². The molecule has 1 atom stereocenters. The quantitative estimate of drug-likeness (QED) is 0.829. The normalized spacial score (nSPS) is 19.9. The van der Waals surface area contributed by atoms with Crippen LogP contribution in [0.25, 0.3) is 0 Å². The van der Waals surface area contributed by atoms with E-state index in [0.29, 0.717) is 26.2 Å². The predicted octanol–water partition coefficient (Wildman–Crippen LogP) is 3.32. The van der Waals surface area contributed by atoms with E-state index in [1.165, 1.54) is 19.3 Å². The minimum atomic E-state index is -0.0123. The molecule has 1 aliphatic carbocycles. The van der Waals surface area contributed by atoms with Crippen molar-refractivity contribution < 1.29 is 14.3 Å². The van der Waals surface area contributed by atoms with E-state index in [-0.39, 0.29) is 17.4 Å². The third kappa shape index (κ3) is 4.27. The number of hydrogen-bond acceptors (Lipinski definition) is 4. The highest BCUT2D eigenvalue weighted by Gasteiger charge is 2.33. The van der Waals surface area contributed by atoms with Gasteiger partial charge >= 0.3 is 0 Å². The molecule has 138 valence electrons. The van der Waals surface area contributed by atoms with Gasteiger partial charge in [-0.05, 0) is 48.9 Å². The zero-order valence-electron chi connectivity index (χ0n) is 15.2.